The number of carbonyl (C=O) groups excluding carboxylic acids is 2. The molecule has 1 aliphatic rings. The minimum atomic E-state index is -0.564. The average molecular weight is 386 g/mol. The van der Waals surface area contributed by atoms with E-state index in [1.165, 1.54) is 5.56 Å². The molecule has 0 saturated carbocycles. The molecule has 146 valence electrons. The van der Waals surface area contributed by atoms with Crippen LogP contribution < -0.4 is 15.4 Å². The second-order valence-electron chi connectivity index (χ2n) is 7.16. The Hall–Kier alpha value is -3.60. The molecule has 0 bridgehead atoms. The molecule has 0 radical (unpaired) electrons. The topological polar surface area (TPSA) is 67.4 Å². The molecule has 0 spiro atoms. The number of amides is 2. The van der Waals surface area contributed by atoms with Crippen molar-refractivity contribution in [2.45, 2.75) is 26.0 Å². The first-order valence-corrected chi connectivity index (χ1v) is 9.58. The molecule has 4 rings (SSSR count). The first kappa shape index (κ1) is 18.7. The van der Waals surface area contributed by atoms with E-state index in [1.54, 1.807) is 24.3 Å². The number of hydrogen-bond acceptors (Lipinski definition) is 3. The molecular weight excluding hydrogens is 364 g/mol. The fourth-order valence-corrected chi connectivity index (χ4v) is 3.28. The molecule has 1 heterocycles. The Morgan fingerprint density at radius 3 is 2.59 bits per heavy atom. The van der Waals surface area contributed by atoms with Crippen molar-refractivity contribution in [3.05, 3.63) is 95.1 Å². The largest absolute Gasteiger partial charge is 0.480 e. The summed E-state index contributed by atoms with van der Waals surface area (Å²) in [4.78, 5) is 25.0. The first-order chi connectivity index (χ1) is 14.1. The normalized spacial score (nSPS) is 14.6. The van der Waals surface area contributed by atoms with Crippen LogP contribution in [0.25, 0.3) is 0 Å². The zero-order chi connectivity index (χ0) is 20.2. The highest BCUT2D eigenvalue weighted by molar-refractivity contribution is 5.98. The monoisotopic (exact) mass is 386 g/mol. The summed E-state index contributed by atoms with van der Waals surface area (Å²) in [6.07, 6.45) is -0.0231. The number of ether oxygens (including phenoxy) is 1. The molecule has 3 aromatic carbocycles. The summed E-state index contributed by atoms with van der Waals surface area (Å²) in [6.45, 7) is 2.47. The number of nitrogens with one attached hydrogen (secondary N) is 2. The van der Waals surface area contributed by atoms with E-state index >= 15 is 0 Å². The molecule has 5 nitrogen and oxygen atoms in total. The number of rotatable bonds is 5. The maximum Gasteiger partial charge on any atom is 0.265 e. The molecule has 1 atom stereocenters. The Bertz CT molecular complexity index is 1020. The van der Waals surface area contributed by atoms with Crippen molar-refractivity contribution in [3.8, 4) is 5.75 Å². The van der Waals surface area contributed by atoms with Crippen molar-refractivity contribution < 1.29 is 14.3 Å². The van der Waals surface area contributed by atoms with Gasteiger partial charge in [-0.1, -0.05) is 54.1 Å². The second kappa shape index (κ2) is 8.19. The van der Waals surface area contributed by atoms with Crippen LogP contribution in [0.4, 0.5) is 5.69 Å². The zero-order valence-electron chi connectivity index (χ0n) is 16.1. The van der Waals surface area contributed by atoms with Crippen molar-refractivity contribution in [2.75, 3.05) is 5.32 Å². The van der Waals surface area contributed by atoms with Crippen LogP contribution >= 0.6 is 0 Å². The van der Waals surface area contributed by atoms with Gasteiger partial charge in [-0.3, -0.25) is 9.59 Å². The summed E-state index contributed by atoms with van der Waals surface area (Å²) in [7, 11) is 0. The van der Waals surface area contributed by atoms with Gasteiger partial charge in [0.15, 0.2) is 6.10 Å². The molecule has 1 unspecified atom stereocenters. The SMILES string of the molecule is Cc1ccc(CNC(=O)c2cccc(NC(=O)C3Cc4ccccc4O3)c2)cc1. The number of fused-ring (bicyclic) bond motifs is 1. The molecule has 0 aliphatic carbocycles. The average Bonchev–Trinajstić information content (AvgIpc) is 3.18. The number of carbonyl (C=O) groups is 2. The molecule has 0 fully saturated rings. The van der Waals surface area contributed by atoms with Gasteiger partial charge in [0.1, 0.15) is 5.75 Å². The molecular formula is C24H22N2O3. The fraction of sp³-hybridized carbons (Fsp3) is 0.167. The number of anilines is 1. The molecule has 1 aliphatic heterocycles. The highest BCUT2D eigenvalue weighted by Crippen LogP contribution is 2.28. The third-order valence-electron chi connectivity index (χ3n) is 4.91. The highest BCUT2D eigenvalue weighted by Gasteiger charge is 2.28. The lowest BCUT2D eigenvalue weighted by Gasteiger charge is -2.12. The van der Waals surface area contributed by atoms with E-state index in [2.05, 4.69) is 10.6 Å². The van der Waals surface area contributed by atoms with Gasteiger partial charge >= 0.3 is 0 Å². The van der Waals surface area contributed by atoms with Crippen LogP contribution in [-0.2, 0) is 17.8 Å². The highest BCUT2D eigenvalue weighted by atomic mass is 16.5. The van der Waals surface area contributed by atoms with Gasteiger partial charge in [0.05, 0.1) is 0 Å². The summed E-state index contributed by atoms with van der Waals surface area (Å²) >= 11 is 0. The minimum Gasteiger partial charge on any atom is -0.480 e. The fourth-order valence-electron chi connectivity index (χ4n) is 3.28. The standard InChI is InChI=1S/C24H22N2O3/c1-16-9-11-17(12-10-16)15-25-23(27)19-6-4-7-20(13-19)26-24(28)22-14-18-5-2-3-8-21(18)29-22/h2-13,22H,14-15H2,1H3,(H,25,27)(H,26,28). The third kappa shape index (κ3) is 4.46. The molecule has 5 heteroatoms. The Morgan fingerprint density at radius 2 is 1.79 bits per heavy atom. The van der Waals surface area contributed by atoms with Crippen LogP contribution in [0, 0.1) is 6.92 Å². The van der Waals surface area contributed by atoms with E-state index in [9.17, 15) is 9.59 Å². The maximum atomic E-state index is 12.6. The minimum absolute atomic E-state index is 0.189. The van der Waals surface area contributed by atoms with Gasteiger partial charge < -0.3 is 15.4 Å². The van der Waals surface area contributed by atoms with Gasteiger partial charge in [0.2, 0.25) is 0 Å². The van der Waals surface area contributed by atoms with E-state index in [-0.39, 0.29) is 11.8 Å². The predicted molar refractivity (Wildman–Crippen MR) is 112 cm³/mol. The molecule has 29 heavy (non-hydrogen) atoms. The van der Waals surface area contributed by atoms with Crippen molar-refractivity contribution in [3.63, 3.8) is 0 Å². The van der Waals surface area contributed by atoms with Crippen molar-refractivity contribution in [2.24, 2.45) is 0 Å². The van der Waals surface area contributed by atoms with E-state index < -0.39 is 6.10 Å². The lowest BCUT2D eigenvalue weighted by atomic mass is 10.1. The van der Waals surface area contributed by atoms with Crippen molar-refractivity contribution in [1.82, 2.24) is 5.32 Å². The molecule has 2 N–H and O–H groups in total. The van der Waals surface area contributed by atoms with Gasteiger partial charge in [-0.05, 0) is 42.3 Å². The Labute approximate surface area is 169 Å². The summed E-state index contributed by atoms with van der Waals surface area (Å²) in [6, 6.07) is 22.6. The zero-order valence-corrected chi connectivity index (χ0v) is 16.1. The quantitative estimate of drug-likeness (QED) is 0.700. The van der Waals surface area contributed by atoms with Gasteiger partial charge in [-0.2, -0.15) is 0 Å². The number of benzene rings is 3. The smallest absolute Gasteiger partial charge is 0.265 e. The maximum absolute atomic E-state index is 12.6. The Balaban J connectivity index is 1.36. The van der Waals surface area contributed by atoms with Gasteiger partial charge in [-0.15, -0.1) is 0 Å². The van der Waals surface area contributed by atoms with E-state index in [4.69, 9.17) is 4.74 Å². The number of aryl methyl sites for hydroxylation is 1. The van der Waals surface area contributed by atoms with Gasteiger partial charge in [-0.25, -0.2) is 0 Å². The Kier molecular flexibility index (Phi) is 5.29. The molecule has 0 saturated heterocycles. The van der Waals surface area contributed by atoms with Crippen molar-refractivity contribution >= 4 is 17.5 Å². The first-order valence-electron chi connectivity index (χ1n) is 9.58. The van der Waals surface area contributed by atoms with Crippen LogP contribution in [0.15, 0.2) is 72.8 Å². The molecule has 2 amide bonds. The molecule has 3 aromatic rings. The van der Waals surface area contributed by atoms with Gasteiger partial charge in [0.25, 0.3) is 11.8 Å². The van der Waals surface area contributed by atoms with Crippen LogP contribution in [0.2, 0.25) is 0 Å². The second-order valence-corrected chi connectivity index (χ2v) is 7.16. The van der Waals surface area contributed by atoms with Crippen molar-refractivity contribution in [1.29, 1.82) is 0 Å². The van der Waals surface area contributed by atoms with Crippen LogP contribution in [0.1, 0.15) is 27.0 Å². The van der Waals surface area contributed by atoms with Crippen LogP contribution in [0.3, 0.4) is 0 Å². The summed E-state index contributed by atoms with van der Waals surface area (Å²) in [5.41, 5.74) is 4.30. The van der Waals surface area contributed by atoms with Crippen LogP contribution in [-0.4, -0.2) is 17.9 Å². The van der Waals surface area contributed by atoms with Gasteiger partial charge in [0, 0.05) is 24.2 Å². The predicted octanol–water partition coefficient (Wildman–Crippen LogP) is 3.87. The van der Waals surface area contributed by atoms with E-state index in [0.717, 1.165) is 16.9 Å². The molecule has 0 aromatic heterocycles. The summed E-state index contributed by atoms with van der Waals surface area (Å²) < 4.78 is 5.72. The van der Waals surface area contributed by atoms with Crippen LogP contribution in [0.5, 0.6) is 5.75 Å². The Morgan fingerprint density at radius 1 is 1.00 bits per heavy atom. The number of hydrogen-bond donors (Lipinski definition) is 2. The lowest BCUT2D eigenvalue weighted by Crippen LogP contribution is -2.31. The summed E-state index contributed by atoms with van der Waals surface area (Å²) in [5.74, 6) is 0.335. The number of para-hydroxylation sites is 1. The third-order valence-corrected chi connectivity index (χ3v) is 4.91. The summed E-state index contributed by atoms with van der Waals surface area (Å²) in [5, 5.41) is 5.76. The van der Waals surface area contributed by atoms with E-state index in [0.29, 0.717) is 24.2 Å². The van der Waals surface area contributed by atoms with E-state index in [1.807, 2.05) is 55.5 Å². The lowest BCUT2D eigenvalue weighted by molar-refractivity contribution is -0.122.